The summed E-state index contributed by atoms with van der Waals surface area (Å²) in [5, 5.41) is 9.96. The van der Waals surface area contributed by atoms with Crippen LogP contribution in [0.15, 0.2) is 85.2 Å². The zero-order valence-electron chi connectivity index (χ0n) is 18.0. The van der Waals surface area contributed by atoms with Crippen molar-refractivity contribution in [1.82, 2.24) is 14.8 Å². The zero-order chi connectivity index (χ0) is 22.1. The Balaban J connectivity index is 0.00000363. The maximum Gasteiger partial charge on any atom is 0.408 e. The van der Waals surface area contributed by atoms with Gasteiger partial charge in [-0.3, -0.25) is 14.7 Å². The van der Waals surface area contributed by atoms with Crippen LogP contribution in [0.3, 0.4) is 0 Å². The summed E-state index contributed by atoms with van der Waals surface area (Å²) in [7, 11) is 1.73. The summed E-state index contributed by atoms with van der Waals surface area (Å²) < 4.78 is 0. The molecule has 0 aliphatic rings. The third kappa shape index (κ3) is 7.10. The van der Waals surface area contributed by atoms with Crippen molar-refractivity contribution in [3.63, 3.8) is 0 Å². The molecule has 1 N–H and O–H groups in total. The van der Waals surface area contributed by atoms with Crippen LogP contribution < -0.4 is 0 Å². The standard InChI is InChI=1S/C25H27N3O3.ClH/c1-27(17-14-20-8-4-2-5-9-20)24(29)23(18-21-10-6-3-7-11-21)28(25(30)31)19-22-12-15-26-16-13-22;/h2-13,15-16,23H,14,17-19H2,1H3,(H,30,31);1H/t23-;/m0./s1. The van der Waals surface area contributed by atoms with E-state index in [0.29, 0.717) is 19.4 Å². The fraction of sp³-hybridized carbons (Fsp3) is 0.240. The van der Waals surface area contributed by atoms with Crippen molar-refractivity contribution >= 4 is 24.4 Å². The molecule has 0 aliphatic heterocycles. The number of carbonyl (C=O) groups excluding carboxylic acids is 1. The van der Waals surface area contributed by atoms with Gasteiger partial charge in [0, 0.05) is 39.0 Å². The number of likely N-dealkylation sites (N-methyl/N-ethyl adjacent to an activating group) is 1. The quantitative estimate of drug-likeness (QED) is 0.524. The summed E-state index contributed by atoms with van der Waals surface area (Å²) in [4.78, 5) is 32.4. The molecule has 0 saturated heterocycles. The average Bonchev–Trinajstić information content (AvgIpc) is 2.81. The lowest BCUT2D eigenvalue weighted by molar-refractivity contribution is -0.135. The Morgan fingerprint density at radius 3 is 2.00 bits per heavy atom. The molecular weight excluding hydrogens is 426 g/mol. The number of pyridine rings is 1. The first-order valence-electron chi connectivity index (χ1n) is 10.3. The van der Waals surface area contributed by atoms with Gasteiger partial charge in [0.15, 0.2) is 0 Å². The van der Waals surface area contributed by atoms with E-state index in [0.717, 1.165) is 16.7 Å². The maximum atomic E-state index is 13.4. The van der Waals surface area contributed by atoms with Crippen LogP contribution in [0, 0.1) is 0 Å². The molecule has 1 aromatic heterocycles. The molecule has 0 aliphatic carbocycles. The van der Waals surface area contributed by atoms with E-state index in [1.807, 2.05) is 60.7 Å². The van der Waals surface area contributed by atoms with Crippen molar-refractivity contribution in [3.05, 3.63) is 102 Å². The highest BCUT2D eigenvalue weighted by atomic mass is 35.5. The van der Waals surface area contributed by atoms with Gasteiger partial charge in [-0.2, -0.15) is 0 Å². The van der Waals surface area contributed by atoms with Crippen LogP contribution in [0.2, 0.25) is 0 Å². The summed E-state index contributed by atoms with van der Waals surface area (Å²) in [6, 6.07) is 22.1. The van der Waals surface area contributed by atoms with Gasteiger partial charge in [0.05, 0.1) is 0 Å². The van der Waals surface area contributed by atoms with Crippen LogP contribution in [0.25, 0.3) is 0 Å². The van der Waals surface area contributed by atoms with E-state index in [1.54, 1.807) is 36.5 Å². The largest absolute Gasteiger partial charge is 0.465 e. The number of carbonyl (C=O) groups is 2. The minimum Gasteiger partial charge on any atom is -0.465 e. The molecule has 1 atom stereocenters. The number of amides is 2. The van der Waals surface area contributed by atoms with E-state index < -0.39 is 12.1 Å². The number of rotatable bonds is 9. The van der Waals surface area contributed by atoms with Crippen LogP contribution in [-0.4, -0.2) is 51.5 Å². The fourth-order valence-corrected chi connectivity index (χ4v) is 3.47. The summed E-state index contributed by atoms with van der Waals surface area (Å²) >= 11 is 0. The predicted molar refractivity (Wildman–Crippen MR) is 127 cm³/mol. The molecule has 0 unspecified atom stereocenters. The molecule has 3 rings (SSSR count). The van der Waals surface area contributed by atoms with Gasteiger partial charge in [0.25, 0.3) is 0 Å². The molecule has 6 nitrogen and oxygen atoms in total. The smallest absolute Gasteiger partial charge is 0.408 e. The maximum absolute atomic E-state index is 13.4. The molecule has 32 heavy (non-hydrogen) atoms. The van der Waals surface area contributed by atoms with Crippen molar-refractivity contribution in [3.8, 4) is 0 Å². The molecule has 3 aromatic rings. The van der Waals surface area contributed by atoms with Crippen LogP contribution in [0.1, 0.15) is 16.7 Å². The molecule has 0 spiro atoms. The summed E-state index contributed by atoms with van der Waals surface area (Å²) in [5.74, 6) is -0.212. The topological polar surface area (TPSA) is 73.7 Å². The molecule has 1 heterocycles. The lowest BCUT2D eigenvalue weighted by Gasteiger charge is -2.32. The molecule has 2 amide bonds. The van der Waals surface area contributed by atoms with Gasteiger partial charge in [-0.15, -0.1) is 12.4 Å². The van der Waals surface area contributed by atoms with Gasteiger partial charge in [0.2, 0.25) is 5.91 Å². The monoisotopic (exact) mass is 453 g/mol. The van der Waals surface area contributed by atoms with E-state index >= 15 is 0 Å². The van der Waals surface area contributed by atoms with E-state index in [1.165, 1.54) is 4.90 Å². The molecule has 168 valence electrons. The first-order chi connectivity index (χ1) is 15.0. The zero-order valence-corrected chi connectivity index (χ0v) is 18.8. The van der Waals surface area contributed by atoms with E-state index in [-0.39, 0.29) is 24.9 Å². The number of carboxylic acid groups (broad SMARTS) is 1. The number of benzene rings is 2. The van der Waals surface area contributed by atoms with Gasteiger partial charge in [-0.1, -0.05) is 60.7 Å². The molecule has 0 fully saturated rings. The van der Waals surface area contributed by atoms with Crippen molar-refractivity contribution in [2.24, 2.45) is 0 Å². The second kappa shape index (κ2) is 12.5. The SMILES string of the molecule is CN(CCc1ccccc1)C(=O)[C@H](Cc1ccccc1)N(Cc1ccncc1)C(=O)O.Cl. The van der Waals surface area contributed by atoms with Gasteiger partial charge in [0.1, 0.15) is 6.04 Å². The van der Waals surface area contributed by atoms with Crippen LogP contribution in [-0.2, 0) is 24.2 Å². The van der Waals surface area contributed by atoms with Gasteiger partial charge >= 0.3 is 6.09 Å². The Morgan fingerprint density at radius 2 is 1.44 bits per heavy atom. The third-order valence-corrected chi connectivity index (χ3v) is 5.24. The first kappa shape index (κ1) is 24.9. The summed E-state index contributed by atoms with van der Waals surface area (Å²) in [6.45, 7) is 0.629. The van der Waals surface area contributed by atoms with Crippen LogP contribution in [0.5, 0.6) is 0 Å². The summed E-state index contributed by atoms with van der Waals surface area (Å²) in [6.07, 6.45) is 3.14. The van der Waals surface area contributed by atoms with E-state index in [2.05, 4.69) is 4.98 Å². The molecule has 7 heteroatoms. The highest BCUT2D eigenvalue weighted by Crippen LogP contribution is 2.16. The minimum atomic E-state index is -1.12. The van der Waals surface area contributed by atoms with Crippen molar-refractivity contribution < 1.29 is 14.7 Å². The second-order valence-corrected chi connectivity index (χ2v) is 7.47. The summed E-state index contributed by atoms with van der Waals surface area (Å²) in [5.41, 5.74) is 2.84. The van der Waals surface area contributed by atoms with Crippen LogP contribution in [0.4, 0.5) is 4.79 Å². The Bertz CT molecular complexity index is 971. The van der Waals surface area contributed by atoms with Crippen molar-refractivity contribution in [1.29, 1.82) is 0 Å². The molecule has 0 radical (unpaired) electrons. The van der Waals surface area contributed by atoms with E-state index in [9.17, 15) is 14.7 Å². The number of hydrogen-bond acceptors (Lipinski definition) is 3. The highest BCUT2D eigenvalue weighted by molar-refractivity contribution is 5.86. The lowest BCUT2D eigenvalue weighted by Crippen LogP contribution is -2.50. The van der Waals surface area contributed by atoms with Crippen LogP contribution >= 0.6 is 12.4 Å². The predicted octanol–water partition coefficient (Wildman–Crippen LogP) is 4.30. The second-order valence-electron chi connectivity index (χ2n) is 7.47. The van der Waals surface area contributed by atoms with Gasteiger partial charge in [-0.05, 0) is 35.2 Å². The van der Waals surface area contributed by atoms with Crippen molar-refractivity contribution in [2.45, 2.75) is 25.4 Å². The number of hydrogen-bond donors (Lipinski definition) is 1. The van der Waals surface area contributed by atoms with Gasteiger partial charge in [-0.25, -0.2) is 4.79 Å². The van der Waals surface area contributed by atoms with E-state index in [4.69, 9.17) is 0 Å². The number of aromatic nitrogens is 1. The molecular formula is C25H28ClN3O3. The third-order valence-electron chi connectivity index (χ3n) is 5.24. The number of nitrogens with zero attached hydrogens (tertiary/aromatic N) is 3. The number of halogens is 1. The Labute approximate surface area is 194 Å². The van der Waals surface area contributed by atoms with Crippen molar-refractivity contribution in [2.75, 3.05) is 13.6 Å². The molecule has 2 aromatic carbocycles. The lowest BCUT2D eigenvalue weighted by atomic mass is 10.0. The highest BCUT2D eigenvalue weighted by Gasteiger charge is 2.32. The minimum absolute atomic E-state index is 0. The Hall–Kier alpha value is -3.38. The normalized spacial score (nSPS) is 11.2. The molecule has 0 bridgehead atoms. The average molecular weight is 454 g/mol. The fourth-order valence-electron chi connectivity index (χ4n) is 3.47. The Kier molecular flexibility index (Phi) is 9.70. The first-order valence-corrected chi connectivity index (χ1v) is 10.3. The molecule has 0 saturated carbocycles. The Morgan fingerprint density at radius 1 is 0.875 bits per heavy atom. The van der Waals surface area contributed by atoms with Gasteiger partial charge < -0.3 is 10.0 Å².